The second-order valence-electron chi connectivity index (χ2n) is 10.5. The molecule has 2 N–H and O–H groups in total. The monoisotopic (exact) mass is 513 g/mol. The lowest BCUT2D eigenvalue weighted by Gasteiger charge is -2.36. The zero-order valence-corrected chi connectivity index (χ0v) is 22.8. The van der Waals surface area contributed by atoms with E-state index in [0.29, 0.717) is 24.0 Å². The predicted molar refractivity (Wildman–Crippen MR) is 139 cm³/mol. The van der Waals surface area contributed by atoms with E-state index < -0.39 is 41.6 Å². The summed E-state index contributed by atoms with van der Waals surface area (Å²) >= 11 is 0. The van der Waals surface area contributed by atoms with Crippen LogP contribution < -0.4 is 10.6 Å². The van der Waals surface area contributed by atoms with E-state index in [0.717, 1.165) is 0 Å². The van der Waals surface area contributed by atoms with Gasteiger partial charge in [0, 0.05) is 11.6 Å². The van der Waals surface area contributed by atoms with E-state index >= 15 is 0 Å². The molecule has 37 heavy (non-hydrogen) atoms. The molecule has 1 aliphatic rings. The minimum Gasteiger partial charge on any atom is -0.468 e. The molecule has 0 radical (unpaired) electrons. The van der Waals surface area contributed by atoms with Crippen LogP contribution in [0.4, 0.5) is 4.79 Å². The number of terminal acetylenes is 1. The van der Waals surface area contributed by atoms with Crippen LogP contribution in [-0.4, -0.2) is 60.1 Å². The van der Waals surface area contributed by atoms with Gasteiger partial charge in [-0.3, -0.25) is 14.4 Å². The number of amides is 3. The van der Waals surface area contributed by atoms with Crippen LogP contribution in [0.25, 0.3) is 0 Å². The number of hydrogen-bond donors (Lipinski definition) is 2. The Bertz CT molecular complexity index is 1020. The number of nitrogens with zero attached hydrogens (tertiary/aromatic N) is 1. The highest BCUT2D eigenvalue weighted by molar-refractivity contribution is 5.93. The van der Waals surface area contributed by atoms with E-state index in [4.69, 9.17) is 11.2 Å². The Labute approximate surface area is 219 Å². The fraction of sp³-hybridized carbons (Fsp3) is 0.571. The van der Waals surface area contributed by atoms with E-state index in [-0.39, 0.29) is 24.4 Å². The van der Waals surface area contributed by atoms with Crippen molar-refractivity contribution in [2.45, 2.75) is 78.1 Å². The van der Waals surface area contributed by atoms with Crippen LogP contribution >= 0.6 is 0 Å². The van der Waals surface area contributed by atoms with Crippen LogP contribution in [0.1, 0.15) is 71.6 Å². The first-order chi connectivity index (χ1) is 17.3. The first kappa shape index (κ1) is 29.7. The number of methoxy groups -OCH3 is 1. The molecule has 9 heteroatoms. The molecule has 0 saturated heterocycles. The largest absolute Gasteiger partial charge is 0.468 e. The van der Waals surface area contributed by atoms with Crippen molar-refractivity contribution in [2.75, 3.05) is 13.7 Å². The van der Waals surface area contributed by atoms with Crippen LogP contribution in [-0.2, 0) is 23.9 Å². The lowest BCUT2D eigenvalue weighted by atomic mass is 9.95. The molecule has 1 saturated carbocycles. The van der Waals surface area contributed by atoms with Crippen molar-refractivity contribution in [1.29, 1.82) is 0 Å². The van der Waals surface area contributed by atoms with Gasteiger partial charge in [0.05, 0.1) is 7.11 Å². The van der Waals surface area contributed by atoms with Crippen molar-refractivity contribution in [3.8, 4) is 12.3 Å². The fourth-order valence-corrected chi connectivity index (χ4v) is 3.98. The minimum atomic E-state index is -1.05. The minimum absolute atomic E-state index is 0.156. The van der Waals surface area contributed by atoms with Crippen LogP contribution in [0, 0.1) is 24.2 Å². The highest BCUT2D eigenvalue weighted by Crippen LogP contribution is 2.41. The average molecular weight is 514 g/mol. The smallest absolute Gasteiger partial charge is 0.408 e. The molecule has 1 fully saturated rings. The summed E-state index contributed by atoms with van der Waals surface area (Å²) in [6.45, 7) is 10.7. The first-order valence-corrected chi connectivity index (χ1v) is 12.6. The zero-order chi connectivity index (χ0) is 27.9. The summed E-state index contributed by atoms with van der Waals surface area (Å²) < 4.78 is 10.1. The van der Waals surface area contributed by atoms with E-state index in [1.165, 1.54) is 12.0 Å². The molecule has 0 heterocycles. The van der Waals surface area contributed by atoms with Crippen molar-refractivity contribution >= 4 is 23.9 Å². The second kappa shape index (κ2) is 12.6. The molecule has 0 spiro atoms. The third-order valence-electron chi connectivity index (χ3n) is 6.38. The Morgan fingerprint density at radius 3 is 2.24 bits per heavy atom. The molecule has 0 aliphatic heterocycles. The molecule has 1 aromatic rings. The van der Waals surface area contributed by atoms with Gasteiger partial charge in [-0.15, -0.1) is 6.42 Å². The van der Waals surface area contributed by atoms with E-state index in [9.17, 15) is 19.2 Å². The van der Waals surface area contributed by atoms with Gasteiger partial charge in [-0.05, 0) is 56.7 Å². The van der Waals surface area contributed by atoms with Crippen LogP contribution in [0.2, 0.25) is 0 Å². The Hall–Kier alpha value is -3.54. The average Bonchev–Trinajstić information content (AvgIpc) is 3.57. The SMILES string of the molecule is C#Cc1ccc(C(C(=O)NCC(=O)OC)N(C(=O)C(NC(=O)OC(C)(C)C)C(C)CC)C2CC2C)cc1. The van der Waals surface area contributed by atoms with Crippen molar-refractivity contribution in [1.82, 2.24) is 15.5 Å². The molecule has 202 valence electrons. The lowest BCUT2D eigenvalue weighted by molar-refractivity contribution is -0.146. The quantitative estimate of drug-likeness (QED) is 0.367. The van der Waals surface area contributed by atoms with E-state index in [1.54, 1.807) is 45.0 Å². The standard InChI is InChI=1S/C28H39N3O6/c1-9-17(3)23(30-27(35)37-28(5,6)7)26(34)31(21-15-18(21)4)24(25(33)29-16-22(32)36-8)20-13-11-19(10-2)12-14-20/h2,11-14,17-18,21,23-24H,9,15-16H2,1,3-8H3,(H,29,33)(H,30,35). The van der Waals surface area contributed by atoms with Gasteiger partial charge in [0.2, 0.25) is 11.8 Å². The van der Waals surface area contributed by atoms with Crippen LogP contribution in [0.5, 0.6) is 0 Å². The number of benzene rings is 1. The number of rotatable bonds is 10. The summed E-state index contributed by atoms with van der Waals surface area (Å²) in [5.41, 5.74) is 0.417. The van der Waals surface area contributed by atoms with Crippen molar-refractivity contribution in [3.05, 3.63) is 35.4 Å². The number of nitrogens with one attached hydrogen (secondary N) is 2. The fourth-order valence-electron chi connectivity index (χ4n) is 3.98. The maximum Gasteiger partial charge on any atom is 0.408 e. The number of hydrogen-bond acceptors (Lipinski definition) is 6. The molecule has 3 amide bonds. The number of carbonyl (C=O) groups is 4. The van der Waals surface area contributed by atoms with Gasteiger partial charge in [0.25, 0.3) is 0 Å². The number of alkyl carbamates (subject to hydrolysis) is 1. The third-order valence-corrected chi connectivity index (χ3v) is 6.38. The molecule has 1 aliphatic carbocycles. The topological polar surface area (TPSA) is 114 Å². The van der Waals surface area contributed by atoms with Crippen molar-refractivity contribution in [2.24, 2.45) is 11.8 Å². The molecular formula is C28H39N3O6. The molecule has 2 rings (SSSR count). The molecule has 0 bridgehead atoms. The number of carbonyl (C=O) groups excluding carboxylic acids is 4. The normalized spacial score (nSPS) is 18.9. The first-order valence-electron chi connectivity index (χ1n) is 12.6. The Balaban J connectivity index is 2.51. The molecule has 0 aromatic heterocycles. The molecule has 1 aromatic carbocycles. The summed E-state index contributed by atoms with van der Waals surface area (Å²) in [7, 11) is 1.23. The van der Waals surface area contributed by atoms with Crippen LogP contribution in [0.3, 0.4) is 0 Å². The maximum atomic E-state index is 14.2. The van der Waals surface area contributed by atoms with Gasteiger partial charge in [0.1, 0.15) is 24.2 Å². The zero-order valence-electron chi connectivity index (χ0n) is 22.8. The van der Waals surface area contributed by atoms with Gasteiger partial charge >= 0.3 is 12.1 Å². The summed E-state index contributed by atoms with van der Waals surface area (Å²) in [5.74, 6) is 0.916. The highest BCUT2D eigenvalue weighted by Gasteiger charge is 2.48. The molecule has 9 nitrogen and oxygen atoms in total. The van der Waals surface area contributed by atoms with Crippen LogP contribution in [0.15, 0.2) is 24.3 Å². The van der Waals surface area contributed by atoms with Gasteiger partial charge in [-0.1, -0.05) is 45.2 Å². The van der Waals surface area contributed by atoms with E-state index in [1.807, 2.05) is 20.8 Å². The summed E-state index contributed by atoms with van der Waals surface area (Å²) in [6, 6.07) is 4.59. The number of ether oxygens (including phenoxy) is 2. The van der Waals surface area contributed by atoms with Gasteiger partial charge in [0.15, 0.2) is 0 Å². The molecular weight excluding hydrogens is 474 g/mol. The lowest BCUT2D eigenvalue weighted by Crippen LogP contribution is -2.56. The highest BCUT2D eigenvalue weighted by atomic mass is 16.6. The molecule has 5 unspecified atom stereocenters. The summed E-state index contributed by atoms with van der Waals surface area (Å²) in [4.78, 5) is 53.6. The predicted octanol–water partition coefficient (Wildman–Crippen LogP) is 3.17. The molecule has 5 atom stereocenters. The second-order valence-corrected chi connectivity index (χ2v) is 10.5. The Kier molecular flexibility index (Phi) is 10.1. The van der Waals surface area contributed by atoms with Gasteiger partial charge in [-0.25, -0.2) is 4.79 Å². The van der Waals surface area contributed by atoms with Gasteiger partial charge in [-0.2, -0.15) is 0 Å². The Morgan fingerprint density at radius 2 is 1.78 bits per heavy atom. The number of esters is 1. The van der Waals surface area contributed by atoms with Gasteiger partial charge < -0.3 is 25.0 Å². The summed E-state index contributed by atoms with van der Waals surface area (Å²) in [6.07, 6.45) is 6.10. The third kappa shape index (κ3) is 8.24. The maximum absolute atomic E-state index is 14.2. The summed E-state index contributed by atoms with van der Waals surface area (Å²) in [5, 5.41) is 5.33. The van der Waals surface area contributed by atoms with Crippen molar-refractivity contribution in [3.63, 3.8) is 0 Å². The van der Waals surface area contributed by atoms with E-state index in [2.05, 4.69) is 21.3 Å². The Morgan fingerprint density at radius 1 is 1.19 bits per heavy atom. The van der Waals surface area contributed by atoms with Crippen molar-refractivity contribution < 1.29 is 28.7 Å².